The highest BCUT2D eigenvalue weighted by Gasteiger charge is 2.28. The molecule has 1 aliphatic heterocycles. The zero-order valence-corrected chi connectivity index (χ0v) is 15.7. The van der Waals surface area contributed by atoms with E-state index in [0.717, 1.165) is 44.6 Å². The van der Waals surface area contributed by atoms with E-state index < -0.39 is 0 Å². The van der Waals surface area contributed by atoms with E-state index in [1.54, 1.807) is 17.7 Å². The average Bonchev–Trinajstić information content (AvgIpc) is 2.68. The van der Waals surface area contributed by atoms with Crippen LogP contribution in [-0.4, -0.2) is 41.6 Å². The Balaban J connectivity index is 1.58. The molecule has 1 fully saturated rings. The first-order valence-electron chi connectivity index (χ1n) is 9.85. The number of allylic oxidation sites excluding steroid dienone is 3. The SMILES string of the molecule is CCC(=O)N(c1cccc(O)c1)C1CCN(CCC2=CC=CCC2)CC1. The minimum absolute atomic E-state index is 0.133. The first kappa shape index (κ1) is 18.7. The third-order valence-corrected chi connectivity index (χ3v) is 5.45. The summed E-state index contributed by atoms with van der Waals surface area (Å²) < 4.78 is 0. The molecule has 1 aromatic rings. The van der Waals surface area contributed by atoms with E-state index in [9.17, 15) is 9.90 Å². The summed E-state index contributed by atoms with van der Waals surface area (Å²) >= 11 is 0. The molecule has 0 unspecified atom stereocenters. The van der Waals surface area contributed by atoms with E-state index >= 15 is 0 Å². The number of carbonyl (C=O) groups excluding carboxylic acids is 1. The number of carbonyl (C=O) groups is 1. The lowest BCUT2D eigenvalue weighted by atomic mass is 9.99. The number of phenolic OH excluding ortho intramolecular Hbond substituents is 1. The first-order chi connectivity index (χ1) is 12.7. The summed E-state index contributed by atoms with van der Waals surface area (Å²) in [6.07, 6.45) is 12.6. The molecule has 0 bridgehead atoms. The van der Waals surface area contributed by atoms with Gasteiger partial charge in [-0.2, -0.15) is 0 Å². The number of rotatable bonds is 6. The van der Waals surface area contributed by atoms with Crippen molar-refractivity contribution < 1.29 is 9.90 Å². The summed E-state index contributed by atoms with van der Waals surface area (Å²) in [5.74, 6) is 0.344. The van der Waals surface area contributed by atoms with Crippen LogP contribution in [0.5, 0.6) is 5.75 Å². The molecule has 0 aromatic heterocycles. The van der Waals surface area contributed by atoms with Gasteiger partial charge in [0.15, 0.2) is 0 Å². The van der Waals surface area contributed by atoms with Gasteiger partial charge in [-0.1, -0.05) is 36.8 Å². The molecule has 4 heteroatoms. The van der Waals surface area contributed by atoms with Gasteiger partial charge in [0, 0.05) is 43.9 Å². The van der Waals surface area contributed by atoms with Crippen LogP contribution >= 0.6 is 0 Å². The Labute approximate surface area is 156 Å². The molecule has 0 radical (unpaired) electrons. The summed E-state index contributed by atoms with van der Waals surface area (Å²) in [6.45, 7) is 5.07. The number of aromatic hydroxyl groups is 1. The van der Waals surface area contributed by atoms with Crippen molar-refractivity contribution in [2.75, 3.05) is 24.5 Å². The molecular weight excluding hydrogens is 324 g/mol. The molecule has 26 heavy (non-hydrogen) atoms. The van der Waals surface area contributed by atoms with Crippen LogP contribution in [0.15, 0.2) is 48.1 Å². The van der Waals surface area contributed by atoms with Crippen molar-refractivity contribution in [3.05, 3.63) is 48.1 Å². The maximum Gasteiger partial charge on any atom is 0.226 e. The van der Waals surface area contributed by atoms with Crippen molar-refractivity contribution in [1.82, 2.24) is 4.90 Å². The van der Waals surface area contributed by atoms with Crippen LogP contribution in [0, 0.1) is 0 Å². The molecule has 140 valence electrons. The number of hydrogen-bond acceptors (Lipinski definition) is 3. The molecule has 1 aromatic carbocycles. The fourth-order valence-electron chi connectivity index (χ4n) is 3.94. The number of piperidine rings is 1. The molecular formula is C22H30N2O2. The van der Waals surface area contributed by atoms with Crippen molar-refractivity contribution in [2.24, 2.45) is 0 Å². The Hall–Kier alpha value is -2.07. The maximum atomic E-state index is 12.6. The summed E-state index contributed by atoms with van der Waals surface area (Å²) in [5, 5.41) is 9.79. The topological polar surface area (TPSA) is 43.8 Å². The highest BCUT2D eigenvalue weighted by molar-refractivity contribution is 5.94. The van der Waals surface area contributed by atoms with Crippen molar-refractivity contribution in [2.45, 2.75) is 51.5 Å². The van der Waals surface area contributed by atoms with Gasteiger partial charge < -0.3 is 14.9 Å². The monoisotopic (exact) mass is 354 g/mol. The van der Waals surface area contributed by atoms with Crippen molar-refractivity contribution >= 4 is 11.6 Å². The zero-order valence-electron chi connectivity index (χ0n) is 15.7. The largest absolute Gasteiger partial charge is 0.508 e. The Morgan fingerprint density at radius 1 is 1.31 bits per heavy atom. The average molecular weight is 354 g/mol. The standard InChI is InChI=1S/C22H30N2O2/c1-2-22(26)24(20-9-6-10-21(25)17-20)19-12-15-23(16-13-19)14-11-18-7-4-3-5-8-18/h3-4,6-7,9-10,17,19,25H,2,5,8,11-16H2,1H3. The number of phenols is 1. The van der Waals surface area contributed by atoms with Gasteiger partial charge in [-0.3, -0.25) is 4.79 Å². The Bertz CT molecular complexity index is 672. The molecule has 1 N–H and O–H groups in total. The van der Waals surface area contributed by atoms with Gasteiger partial charge in [-0.05, 0) is 44.2 Å². The second-order valence-corrected chi connectivity index (χ2v) is 7.25. The molecule has 1 aliphatic carbocycles. The molecule has 0 spiro atoms. The van der Waals surface area contributed by atoms with Gasteiger partial charge in [0.1, 0.15) is 5.75 Å². The maximum absolute atomic E-state index is 12.6. The number of hydrogen-bond donors (Lipinski definition) is 1. The Morgan fingerprint density at radius 2 is 2.12 bits per heavy atom. The minimum atomic E-state index is 0.133. The quantitative estimate of drug-likeness (QED) is 0.830. The molecule has 0 saturated carbocycles. The van der Waals surface area contributed by atoms with Crippen molar-refractivity contribution in [3.8, 4) is 5.75 Å². The lowest BCUT2D eigenvalue weighted by molar-refractivity contribution is -0.119. The number of benzene rings is 1. The lowest BCUT2D eigenvalue weighted by Gasteiger charge is -2.38. The molecule has 0 atom stereocenters. The van der Waals surface area contributed by atoms with E-state index in [-0.39, 0.29) is 17.7 Å². The summed E-state index contributed by atoms with van der Waals surface area (Å²) in [4.78, 5) is 17.0. The second-order valence-electron chi connectivity index (χ2n) is 7.25. The van der Waals surface area contributed by atoms with E-state index in [0.29, 0.717) is 6.42 Å². The highest BCUT2D eigenvalue weighted by atomic mass is 16.3. The van der Waals surface area contributed by atoms with Crippen LogP contribution in [0.2, 0.25) is 0 Å². The zero-order chi connectivity index (χ0) is 18.4. The highest BCUT2D eigenvalue weighted by Crippen LogP contribution is 2.27. The third-order valence-electron chi connectivity index (χ3n) is 5.45. The fraction of sp³-hybridized carbons (Fsp3) is 0.500. The predicted molar refractivity (Wildman–Crippen MR) is 106 cm³/mol. The predicted octanol–water partition coefficient (Wildman–Crippen LogP) is 4.27. The molecule has 2 aliphatic rings. The molecule has 1 amide bonds. The fourth-order valence-corrected chi connectivity index (χ4v) is 3.94. The smallest absolute Gasteiger partial charge is 0.226 e. The number of nitrogens with zero attached hydrogens (tertiary/aromatic N) is 2. The van der Waals surface area contributed by atoms with Gasteiger partial charge in [0.05, 0.1) is 0 Å². The summed E-state index contributed by atoms with van der Waals surface area (Å²) in [5.41, 5.74) is 2.37. The first-order valence-corrected chi connectivity index (χ1v) is 9.85. The van der Waals surface area contributed by atoms with Crippen LogP contribution in [0.1, 0.15) is 45.4 Å². The van der Waals surface area contributed by atoms with Gasteiger partial charge in [-0.25, -0.2) is 0 Å². The summed E-state index contributed by atoms with van der Waals surface area (Å²) in [6, 6.07) is 7.29. The number of amides is 1. The van der Waals surface area contributed by atoms with E-state index in [2.05, 4.69) is 23.1 Å². The lowest BCUT2D eigenvalue weighted by Crippen LogP contribution is -2.47. The summed E-state index contributed by atoms with van der Waals surface area (Å²) in [7, 11) is 0. The van der Waals surface area contributed by atoms with Gasteiger partial charge in [0.25, 0.3) is 0 Å². The van der Waals surface area contributed by atoms with Gasteiger partial charge in [0.2, 0.25) is 5.91 Å². The van der Waals surface area contributed by atoms with E-state index in [1.165, 1.54) is 12.8 Å². The van der Waals surface area contributed by atoms with Crippen LogP contribution in [-0.2, 0) is 4.79 Å². The van der Waals surface area contributed by atoms with Crippen LogP contribution in [0.3, 0.4) is 0 Å². The third kappa shape index (κ3) is 4.76. The second kappa shape index (κ2) is 9.04. The van der Waals surface area contributed by atoms with Crippen LogP contribution in [0.4, 0.5) is 5.69 Å². The van der Waals surface area contributed by atoms with Crippen LogP contribution in [0.25, 0.3) is 0 Å². The molecule has 3 rings (SSSR count). The number of likely N-dealkylation sites (tertiary alicyclic amines) is 1. The minimum Gasteiger partial charge on any atom is -0.508 e. The Kier molecular flexibility index (Phi) is 6.51. The Morgan fingerprint density at radius 3 is 2.77 bits per heavy atom. The molecule has 1 saturated heterocycles. The van der Waals surface area contributed by atoms with E-state index in [1.807, 2.05) is 24.0 Å². The van der Waals surface area contributed by atoms with Crippen molar-refractivity contribution in [3.63, 3.8) is 0 Å². The molecule has 4 nitrogen and oxygen atoms in total. The normalized spacial score (nSPS) is 18.6. The van der Waals surface area contributed by atoms with Crippen LogP contribution < -0.4 is 4.90 Å². The number of anilines is 1. The van der Waals surface area contributed by atoms with Gasteiger partial charge >= 0.3 is 0 Å². The van der Waals surface area contributed by atoms with Crippen molar-refractivity contribution in [1.29, 1.82) is 0 Å². The van der Waals surface area contributed by atoms with E-state index in [4.69, 9.17) is 0 Å². The molecule has 1 heterocycles. The van der Waals surface area contributed by atoms with Gasteiger partial charge in [-0.15, -0.1) is 0 Å².